The SMILES string of the molecule is CCCCCCCOc1ccc(C(=O)NNC(=O)C(=O)NNC(=O)c2ccc(OCC)cc2)cc1. The van der Waals surface area contributed by atoms with Crippen LogP contribution in [0.15, 0.2) is 48.5 Å². The Balaban J connectivity index is 1.70. The van der Waals surface area contributed by atoms with Gasteiger partial charge < -0.3 is 9.47 Å². The summed E-state index contributed by atoms with van der Waals surface area (Å²) in [7, 11) is 0. The van der Waals surface area contributed by atoms with Crippen LogP contribution in [0.3, 0.4) is 0 Å². The molecule has 0 radical (unpaired) electrons. The van der Waals surface area contributed by atoms with Crippen molar-refractivity contribution in [2.75, 3.05) is 13.2 Å². The number of hydrogen-bond donors (Lipinski definition) is 4. The Labute approximate surface area is 204 Å². The monoisotopic (exact) mass is 484 g/mol. The van der Waals surface area contributed by atoms with Gasteiger partial charge in [0.25, 0.3) is 11.8 Å². The van der Waals surface area contributed by atoms with Crippen molar-refractivity contribution in [2.24, 2.45) is 0 Å². The van der Waals surface area contributed by atoms with Crippen molar-refractivity contribution in [3.63, 3.8) is 0 Å². The van der Waals surface area contributed by atoms with Gasteiger partial charge in [-0.05, 0) is 61.9 Å². The number of rotatable bonds is 11. The predicted octanol–water partition coefficient (Wildman–Crippen LogP) is 2.66. The highest BCUT2D eigenvalue weighted by atomic mass is 16.5. The minimum Gasteiger partial charge on any atom is -0.494 e. The van der Waals surface area contributed by atoms with Crippen LogP contribution < -0.4 is 31.2 Å². The summed E-state index contributed by atoms with van der Waals surface area (Å²) in [5, 5.41) is 0. The molecule has 4 amide bonds. The molecule has 4 N–H and O–H groups in total. The minimum atomic E-state index is -1.16. The Morgan fingerprint density at radius 3 is 1.51 bits per heavy atom. The zero-order chi connectivity index (χ0) is 25.5. The maximum Gasteiger partial charge on any atom is 0.329 e. The summed E-state index contributed by atoms with van der Waals surface area (Å²) < 4.78 is 10.9. The average Bonchev–Trinajstić information content (AvgIpc) is 2.88. The van der Waals surface area contributed by atoms with Crippen LogP contribution in [0, 0.1) is 0 Å². The first-order valence-corrected chi connectivity index (χ1v) is 11.6. The van der Waals surface area contributed by atoms with Crippen LogP contribution in [-0.2, 0) is 9.59 Å². The molecule has 35 heavy (non-hydrogen) atoms. The Morgan fingerprint density at radius 1 is 0.600 bits per heavy atom. The Kier molecular flexibility index (Phi) is 11.6. The summed E-state index contributed by atoms with van der Waals surface area (Å²) in [6.45, 7) is 5.11. The molecule has 2 aromatic rings. The summed E-state index contributed by atoms with van der Waals surface area (Å²) in [6, 6.07) is 12.6. The van der Waals surface area contributed by atoms with E-state index in [9.17, 15) is 19.2 Å². The van der Waals surface area contributed by atoms with Crippen LogP contribution in [0.25, 0.3) is 0 Å². The van der Waals surface area contributed by atoms with E-state index in [1.807, 2.05) is 17.8 Å². The fourth-order valence-corrected chi connectivity index (χ4v) is 2.95. The highest BCUT2D eigenvalue weighted by Gasteiger charge is 2.16. The molecular weight excluding hydrogens is 452 g/mol. The van der Waals surface area contributed by atoms with E-state index >= 15 is 0 Å². The molecule has 2 rings (SSSR count). The second-order valence-corrected chi connectivity index (χ2v) is 7.56. The molecule has 0 saturated carbocycles. The van der Waals surface area contributed by atoms with E-state index in [2.05, 4.69) is 17.8 Å². The molecule has 0 unspecified atom stereocenters. The summed E-state index contributed by atoms with van der Waals surface area (Å²) in [4.78, 5) is 48.0. The topological polar surface area (TPSA) is 135 Å². The molecular formula is C25H32N4O6. The quantitative estimate of drug-likeness (QED) is 0.220. The van der Waals surface area contributed by atoms with Crippen LogP contribution in [0.4, 0.5) is 0 Å². The van der Waals surface area contributed by atoms with Gasteiger partial charge in [0.2, 0.25) is 0 Å². The van der Waals surface area contributed by atoms with Crippen molar-refractivity contribution < 1.29 is 28.7 Å². The molecule has 0 aliphatic rings. The third-order valence-electron chi connectivity index (χ3n) is 4.85. The molecule has 0 aliphatic heterocycles. The number of carbonyl (C=O) groups excluding carboxylic acids is 4. The standard InChI is InChI=1S/C25H32N4O6/c1-3-5-6-7-8-17-35-21-15-11-19(12-16-21)23(31)27-29-25(33)24(32)28-26-22(30)18-9-13-20(14-10-18)34-4-2/h9-16H,3-8,17H2,1-2H3,(H,26,30)(H,27,31)(H,28,32)(H,29,33). The molecule has 0 heterocycles. The van der Waals surface area contributed by atoms with Crippen molar-refractivity contribution >= 4 is 23.6 Å². The Morgan fingerprint density at radius 2 is 1.06 bits per heavy atom. The highest BCUT2D eigenvalue weighted by molar-refractivity contribution is 6.35. The maximum absolute atomic E-state index is 12.2. The van der Waals surface area contributed by atoms with Crippen molar-refractivity contribution in [3.8, 4) is 11.5 Å². The van der Waals surface area contributed by atoms with Crippen molar-refractivity contribution in [2.45, 2.75) is 46.0 Å². The van der Waals surface area contributed by atoms with Crippen LogP contribution in [0.2, 0.25) is 0 Å². The lowest BCUT2D eigenvalue weighted by Gasteiger charge is -2.10. The molecule has 0 saturated heterocycles. The van der Waals surface area contributed by atoms with Crippen molar-refractivity contribution in [1.82, 2.24) is 21.7 Å². The molecule has 2 aromatic carbocycles. The van der Waals surface area contributed by atoms with E-state index in [0.29, 0.717) is 24.7 Å². The fraction of sp³-hybridized carbons (Fsp3) is 0.360. The van der Waals surface area contributed by atoms with E-state index < -0.39 is 23.6 Å². The molecule has 10 heteroatoms. The largest absolute Gasteiger partial charge is 0.494 e. The number of amides is 4. The maximum atomic E-state index is 12.2. The number of carbonyl (C=O) groups is 4. The van der Waals surface area contributed by atoms with Crippen LogP contribution in [-0.4, -0.2) is 36.8 Å². The van der Waals surface area contributed by atoms with E-state index in [1.54, 1.807) is 36.4 Å². The Bertz CT molecular complexity index is 976. The highest BCUT2D eigenvalue weighted by Crippen LogP contribution is 2.13. The van der Waals surface area contributed by atoms with E-state index in [4.69, 9.17) is 9.47 Å². The van der Waals surface area contributed by atoms with E-state index in [1.165, 1.54) is 31.4 Å². The summed E-state index contributed by atoms with van der Waals surface area (Å²) in [5.41, 5.74) is 8.75. The lowest BCUT2D eigenvalue weighted by Crippen LogP contribution is -2.52. The van der Waals surface area contributed by atoms with Gasteiger partial charge in [-0.3, -0.25) is 40.9 Å². The number of hydrazine groups is 2. The third kappa shape index (κ3) is 9.75. The summed E-state index contributed by atoms with van der Waals surface area (Å²) in [5.74, 6) is -2.32. The molecule has 188 valence electrons. The first-order chi connectivity index (χ1) is 16.9. The molecule has 0 aliphatic carbocycles. The van der Waals surface area contributed by atoms with E-state index in [0.717, 1.165) is 12.8 Å². The van der Waals surface area contributed by atoms with Gasteiger partial charge in [0.05, 0.1) is 13.2 Å². The molecule has 0 spiro atoms. The summed E-state index contributed by atoms with van der Waals surface area (Å²) >= 11 is 0. The number of benzene rings is 2. The number of nitrogens with one attached hydrogen (secondary N) is 4. The molecule has 0 aromatic heterocycles. The Hall–Kier alpha value is -4.08. The van der Waals surface area contributed by atoms with Gasteiger partial charge >= 0.3 is 11.8 Å². The molecule has 0 fully saturated rings. The van der Waals surface area contributed by atoms with Crippen LogP contribution >= 0.6 is 0 Å². The molecule has 10 nitrogen and oxygen atoms in total. The lowest BCUT2D eigenvalue weighted by atomic mass is 10.2. The number of ether oxygens (including phenoxy) is 2. The third-order valence-corrected chi connectivity index (χ3v) is 4.85. The average molecular weight is 485 g/mol. The van der Waals surface area contributed by atoms with Gasteiger partial charge in [-0.1, -0.05) is 32.6 Å². The van der Waals surface area contributed by atoms with Gasteiger partial charge in [0.15, 0.2) is 0 Å². The smallest absolute Gasteiger partial charge is 0.329 e. The first kappa shape index (κ1) is 27.2. The lowest BCUT2D eigenvalue weighted by molar-refractivity contribution is -0.140. The van der Waals surface area contributed by atoms with Gasteiger partial charge in [0.1, 0.15) is 11.5 Å². The second kappa shape index (κ2) is 14.9. The van der Waals surface area contributed by atoms with Gasteiger partial charge in [-0.25, -0.2) is 0 Å². The molecule has 0 atom stereocenters. The van der Waals surface area contributed by atoms with Gasteiger partial charge in [-0.2, -0.15) is 0 Å². The van der Waals surface area contributed by atoms with E-state index in [-0.39, 0.29) is 11.1 Å². The number of unbranched alkanes of at least 4 members (excludes halogenated alkanes) is 4. The van der Waals surface area contributed by atoms with Crippen molar-refractivity contribution in [1.29, 1.82) is 0 Å². The van der Waals surface area contributed by atoms with Crippen LogP contribution in [0.1, 0.15) is 66.7 Å². The van der Waals surface area contributed by atoms with Crippen molar-refractivity contribution in [3.05, 3.63) is 59.7 Å². The second-order valence-electron chi connectivity index (χ2n) is 7.56. The first-order valence-electron chi connectivity index (χ1n) is 11.6. The fourth-order valence-electron chi connectivity index (χ4n) is 2.95. The minimum absolute atomic E-state index is 0.256. The zero-order valence-electron chi connectivity index (χ0n) is 20.0. The summed E-state index contributed by atoms with van der Waals surface area (Å²) in [6.07, 6.45) is 5.69. The zero-order valence-corrected chi connectivity index (χ0v) is 20.0. The predicted molar refractivity (Wildman–Crippen MR) is 130 cm³/mol. The van der Waals surface area contributed by atoms with Crippen LogP contribution in [0.5, 0.6) is 11.5 Å². The van der Waals surface area contributed by atoms with Gasteiger partial charge in [-0.15, -0.1) is 0 Å². The molecule has 0 bridgehead atoms. The van der Waals surface area contributed by atoms with Gasteiger partial charge in [0, 0.05) is 11.1 Å². The normalized spacial score (nSPS) is 10.1. The number of hydrogen-bond acceptors (Lipinski definition) is 6.